The summed E-state index contributed by atoms with van der Waals surface area (Å²) in [6.45, 7) is 13.5. The number of rotatable bonds is 9. The minimum atomic E-state index is -3.67. The number of piperazine rings is 1. The van der Waals surface area contributed by atoms with Crippen molar-refractivity contribution in [2.45, 2.75) is 83.0 Å². The number of hydrogen-bond donors (Lipinski definition) is 0. The van der Waals surface area contributed by atoms with Crippen LogP contribution in [-0.4, -0.2) is 67.9 Å². The lowest BCUT2D eigenvalue weighted by Gasteiger charge is -2.43. The Balaban J connectivity index is 1.32. The van der Waals surface area contributed by atoms with Crippen LogP contribution in [0.3, 0.4) is 0 Å². The van der Waals surface area contributed by atoms with E-state index in [4.69, 9.17) is 21.0 Å². The molecule has 3 aromatic carbocycles. The predicted molar refractivity (Wildman–Crippen MR) is 216 cm³/mol. The van der Waals surface area contributed by atoms with Crippen LogP contribution in [0, 0.1) is 11.2 Å². The van der Waals surface area contributed by atoms with Gasteiger partial charge >= 0.3 is 0 Å². The quantitative estimate of drug-likeness (QED) is 0.144. The van der Waals surface area contributed by atoms with E-state index in [9.17, 15) is 17.6 Å². The van der Waals surface area contributed by atoms with Crippen molar-refractivity contribution in [3.63, 3.8) is 0 Å². The van der Waals surface area contributed by atoms with Crippen LogP contribution in [0.2, 0.25) is 10.1 Å². The largest absolute Gasteiger partial charge is 0.400 e. The Morgan fingerprint density at radius 3 is 2.02 bits per heavy atom. The fraction of sp³-hybridized carbons (Fsp3) is 0.381. The maximum absolute atomic E-state index is 14.0. The van der Waals surface area contributed by atoms with E-state index in [0.29, 0.717) is 24.4 Å². The zero-order chi connectivity index (χ0) is 38.6. The van der Waals surface area contributed by atoms with E-state index >= 15 is 0 Å². The Labute approximate surface area is 324 Å². The number of anilines is 1. The summed E-state index contributed by atoms with van der Waals surface area (Å²) in [7, 11) is -6.61. The zero-order valence-corrected chi connectivity index (χ0v) is 34.3. The highest BCUT2D eigenvalue weighted by Gasteiger charge is 2.50. The first-order valence-electron chi connectivity index (χ1n) is 18.5. The van der Waals surface area contributed by atoms with Crippen LogP contribution in [0.4, 0.5) is 10.2 Å². The monoisotopic (exact) mass is 786 g/mol. The molecule has 0 spiro atoms. The van der Waals surface area contributed by atoms with Gasteiger partial charge in [0.2, 0.25) is 0 Å². The normalized spacial score (nSPS) is 18.1. The smallest absolute Gasteiger partial charge is 0.261 e. The zero-order valence-electron chi connectivity index (χ0n) is 31.7. The summed E-state index contributed by atoms with van der Waals surface area (Å²) in [5.41, 5.74) is 0.477. The van der Waals surface area contributed by atoms with Gasteiger partial charge in [0, 0.05) is 25.2 Å². The summed E-state index contributed by atoms with van der Waals surface area (Å²) in [6.07, 6.45) is 3.37. The molecule has 2 saturated heterocycles. The first kappa shape index (κ1) is 38.2. The molecule has 2 atom stereocenters. The molecule has 2 fully saturated rings. The van der Waals surface area contributed by atoms with Crippen molar-refractivity contribution in [2.24, 2.45) is 5.41 Å². The summed E-state index contributed by atoms with van der Waals surface area (Å²) in [4.78, 5) is 23.0. The molecule has 4 heterocycles. The third-order valence-electron chi connectivity index (χ3n) is 10.7. The number of fused-ring (bicyclic) bond motifs is 3. The molecule has 0 aliphatic carbocycles. The van der Waals surface area contributed by atoms with Gasteiger partial charge in [0.05, 0.1) is 39.6 Å². The molecule has 2 unspecified atom stereocenters. The van der Waals surface area contributed by atoms with Gasteiger partial charge in [0.1, 0.15) is 17.5 Å². The van der Waals surface area contributed by atoms with Crippen LogP contribution in [-0.2, 0) is 20.9 Å². The van der Waals surface area contributed by atoms with Crippen LogP contribution < -0.4 is 15.3 Å². The molecule has 8 nitrogen and oxygen atoms in total. The topological polar surface area (TPSA) is 84.2 Å². The van der Waals surface area contributed by atoms with E-state index in [1.165, 1.54) is 12.1 Å². The van der Waals surface area contributed by atoms with Gasteiger partial charge in [-0.1, -0.05) is 114 Å². The van der Waals surface area contributed by atoms with Crippen LogP contribution >= 0.6 is 11.6 Å². The van der Waals surface area contributed by atoms with Crippen molar-refractivity contribution in [2.75, 3.05) is 23.7 Å². The van der Waals surface area contributed by atoms with Crippen LogP contribution in [0.15, 0.2) is 102 Å². The minimum Gasteiger partial charge on any atom is -0.400 e. The lowest BCUT2D eigenvalue weighted by molar-refractivity contribution is 0.0717. The average Bonchev–Trinajstić information content (AvgIpc) is 3.64. The highest BCUT2D eigenvalue weighted by molar-refractivity contribution is 7.91. The predicted octanol–water partition coefficient (Wildman–Crippen LogP) is 7.52. The number of carbonyl (C=O) groups is 1. The number of nitrogens with zero attached hydrogens (tertiary/aromatic N) is 4. The van der Waals surface area contributed by atoms with Gasteiger partial charge in [0.15, 0.2) is 9.84 Å². The number of carbonyl (C=O) groups excluding carboxylic acids is 1. The maximum atomic E-state index is 14.0. The SMILES string of the molecule is CC(C)(C)CS(=O)(=O)c1cc(N2C3CCC2CN(C(=O)c2ccc(F)cc2Cl)C3)n2c(CO[Si](c3ccccc3)(c3ccccc3)C(C)(C)C)ncc2c1. The second-order valence-electron chi connectivity index (χ2n) is 16.9. The molecule has 54 heavy (non-hydrogen) atoms. The Kier molecular flexibility index (Phi) is 10.1. The highest BCUT2D eigenvalue weighted by atomic mass is 35.5. The molecule has 2 aliphatic rings. The lowest BCUT2D eigenvalue weighted by atomic mass is 10.0. The van der Waals surface area contributed by atoms with Gasteiger partial charge in [-0.25, -0.2) is 17.8 Å². The van der Waals surface area contributed by atoms with Gasteiger partial charge in [0.25, 0.3) is 14.2 Å². The molecular formula is C42H48ClFN4O4SSi. The molecule has 12 heteroatoms. The molecule has 7 rings (SSSR count). The van der Waals surface area contributed by atoms with E-state index in [2.05, 4.69) is 74.2 Å². The maximum Gasteiger partial charge on any atom is 0.261 e. The molecule has 2 bridgehead atoms. The molecule has 5 aromatic rings. The van der Waals surface area contributed by atoms with Crippen LogP contribution in [0.25, 0.3) is 5.52 Å². The van der Waals surface area contributed by atoms with Crippen LogP contribution in [0.5, 0.6) is 0 Å². The van der Waals surface area contributed by atoms with E-state index in [1.54, 1.807) is 23.2 Å². The standard InChI is InChI=1S/C42H48ClFN4O4SSi/c1-41(2,3)28-53(50,51)33-22-32-24-45-38(27-52-54(42(4,5)6,34-13-9-7-10-14-34)35-15-11-8-12-16-35)48(32)39(23-33)47-30-18-19-31(47)26-46(25-30)40(49)36-20-17-29(44)21-37(36)43/h7-17,20-24,30-31H,18-19,25-28H2,1-6H3. The van der Waals surface area contributed by atoms with E-state index in [0.717, 1.165) is 35.1 Å². The average molecular weight is 787 g/mol. The van der Waals surface area contributed by atoms with Crippen molar-refractivity contribution < 1.29 is 22.0 Å². The van der Waals surface area contributed by atoms with E-state index in [-0.39, 0.29) is 50.9 Å². The second kappa shape index (κ2) is 14.2. The molecule has 0 radical (unpaired) electrons. The molecule has 0 N–H and O–H groups in total. The number of likely N-dealkylation sites (tertiary alicyclic amines) is 1. The molecule has 2 aliphatic heterocycles. The second-order valence-corrected chi connectivity index (χ2v) is 23.6. The number of amides is 1. The third-order valence-corrected chi connectivity index (χ3v) is 18.2. The van der Waals surface area contributed by atoms with Crippen molar-refractivity contribution in [1.29, 1.82) is 0 Å². The third kappa shape index (κ3) is 7.11. The van der Waals surface area contributed by atoms with Crippen molar-refractivity contribution in [3.8, 4) is 0 Å². The van der Waals surface area contributed by atoms with Gasteiger partial charge < -0.3 is 14.2 Å². The Hall–Kier alpha value is -4.03. The summed E-state index contributed by atoms with van der Waals surface area (Å²) >= 11 is 6.33. The van der Waals surface area contributed by atoms with Crippen molar-refractivity contribution in [1.82, 2.24) is 14.3 Å². The lowest BCUT2D eigenvalue weighted by Crippen LogP contribution is -2.66. The molecule has 284 valence electrons. The fourth-order valence-corrected chi connectivity index (χ4v) is 15.1. The molecular weight excluding hydrogens is 739 g/mol. The summed E-state index contributed by atoms with van der Waals surface area (Å²) in [5.74, 6) is 0.634. The van der Waals surface area contributed by atoms with Crippen LogP contribution in [0.1, 0.15) is 70.6 Å². The Bertz CT molecular complexity index is 2240. The minimum absolute atomic E-state index is 0.0128. The first-order valence-corrected chi connectivity index (χ1v) is 22.4. The molecule has 1 amide bonds. The number of sulfone groups is 1. The van der Waals surface area contributed by atoms with Gasteiger partial charge in [-0.05, 0) is 64.0 Å². The summed E-state index contributed by atoms with van der Waals surface area (Å²) in [6, 6.07) is 28.1. The van der Waals surface area contributed by atoms with E-state index < -0.39 is 29.4 Å². The summed E-state index contributed by atoms with van der Waals surface area (Å²) in [5, 5.41) is 2.13. The fourth-order valence-electron chi connectivity index (χ4n) is 8.49. The Morgan fingerprint density at radius 2 is 1.48 bits per heavy atom. The van der Waals surface area contributed by atoms with E-state index in [1.807, 2.05) is 37.3 Å². The van der Waals surface area contributed by atoms with Gasteiger partial charge in [-0.2, -0.15) is 0 Å². The number of hydrogen-bond acceptors (Lipinski definition) is 6. The van der Waals surface area contributed by atoms with Crippen molar-refractivity contribution in [3.05, 3.63) is 119 Å². The number of benzene rings is 3. The number of pyridine rings is 1. The number of imidazole rings is 1. The van der Waals surface area contributed by atoms with Gasteiger partial charge in [-0.15, -0.1) is 0 Å². The molecule has 2 aromatic heterocycles. The van der Waals surface area contributed by atoms with Gasteiger partial charge in [-0.3, -0.25) is 9.20 Å². The summed E-state index contributed by atoms with van der Waals surface area (Å²) < 4.78 is 51.2. The number of halogens is 2. The number of aromatic nitrogens is 2. The Morgan fingerprint density at radius 1 is 0.889 bits per heavy atom. The van der Waals surface area contributed by atoms with Crippen molar-refractivity contribution >= 4 is 57.4 Å². The highest BCUT2D eigenvalue weighted by Crippen LogP contribution is 2.40. The molecule has 0 saturated carbocycles. The first-order chi connectivity index (χ1) is 25.5.